The highest BCUT2D eigenvalue weighted by molar-refractivity contribution is 7.99. The van der Waals surface area contributed by atoms with E-state index in [4.69, 9.17) is 4.74 Å². The van der Waals surface area contributed by atoms with Gasteiger partial charge in [-0.25, -0.2) is 4.39 Å². The number of rotatable bonds is 9. The monoisotopic (exact) mass is 428 g/mol. The van der Waals surface area contributed by atoms with Crippen molar-refractivity contribution in [2.24, 2.45) is 0 Å². The summed E-state index contributed by atoms with van der Waals surface area (Å²) in [6.07, 6.45) is 0.589. The molecule has 0 spiro atoms. The van der Waals surface area contributed by atoms with E-state index in [1.54, 1.807) is 12.1 Å². The lowest BCUT2D eigenvalue weighted by Crippen LogP contribution is -2.15. The minimum absolute atomic E-state index is 0.105. The highest BCUT2D eigenvalue weighted by Crippen LogP contribution is 2.25. The molecular weight excluding hydrogens is 403 g/mol. The molecule has 0 saturated carbocycles. The van der Waals surface area contributed by atoms with Gasteiger partial charge in [-0.1, -0.05) is 30.8 Å². The summed E-state index contributed by atoms with van der Waals surface area (Å²) in [5.41, 5.74) is 2.00. The van der Waals surface area contributed by atoms with E-state index in [1.807, 2.05) is 42.7 Å². The van der Waals surface area contributed by atoms with Gasteiger partial charge in [-0.15, -0.1) is 10.2 Å². The number of ether oxygens (including phenoxy) is 1. The third kappa shape index (κ3) is 5.60. The van der Waals surface area contributed by atoms with E-state index in [1.165, 1.54) is 29.5 Å². The molecule has 0 aliphatic heterocycles. The van der Waals surface area contributed by atoms with Crippen molar-refractivity contribution >= 4 is 23.4 Å². The average molecular weight is 429 g/mol. The summed E-state index contributed by atoms with van der Waals surface area (Å²) in [6.45, 7) is 6.58. The Kier molecular flexibility index (Phi) is 7.46. The number of carbonyl (C=O) groups is 1. The first-order valence-electron chi connectivity index (χ1n) is 9.87. The lowest BCUT2D eigenvalue weighted by molar-refractivity contribution is -0.113. The third-order valence-corrected chi connectivity index (χ3v) is 5.50. The summed E-state index contributed by atoms with van der Waals surface area (Å²) in [5, 5.41) is 12.0. The predicted octanol–water partition coefficient (Wildman–Crippen LogP) is 4.87. The highest BCUT2D eigenvalue weighted by Gasteiger charge is 2.19. The third-order valence-electron chi connectivity index (χ3n) is 4.53. The van der Waals surface area contributed by atoms with Gasteiger partial charge in [0.1, 0.15) is 11.6 Å². The van der Waals surface area contributed by atoms with Crippen molar-refractivity contribution in [1.82, 2.24) is 14.8 Å². The Balaban J connectivity index is 1.60. The second-order valence-corrected chi connectivity index (χ2v) is 7.63. The molecule has 1 heterocycles. The topological polar surface area (TPSA) is 69.0 Å². The van der Waals surface area contributed by atoms with Crippen LogP contribution in [0.3, 0.4) is 0 Å². The van der Waals surface area contributed by atoms with Gasteiger partial charge in [0.05, 0.1) is 5.75 Å². The molecule has 1 unspecified atom stereocenters. The minimum atomic E-state index is -0.372. The molecule has 1 amide bonds. The molecule has 1 N–H and O–H groups in total. The Morgan fingerprint density at radius 2 is 1.83 bits per heavy atom. The number of amides is 1. The fraction of sp³-hybridized carbons (Fsp3) is 0.318. The zero-order chi connectivity index (χ0) is 21.5. The summed E-state index contributed by atoms with van der Waals surface area (Å²) in [6, 6.07) is 13.7. The maximum Gasteiger partial charge on any atom is 0.234 e. The SMILES string of the molecule is CCc1ccc(NC(=O)CSc2nnc(C(C)Oc3ccc(F)cc3)n2CC)cc1. The fourth-order valence-electron chi connectivity index (χ4n) is 2.93. The zero-order valence-electron chi connectivity index (χ0n) is 17.3. The Hall–Kier alpha value is -2.87. The summed E-state index contributed by atoms with van der Waals surface area (Å²) >= 11 is 1.33. The summed E-state index contributed by atoms with van der Waals surface area (Å²) < 4.78 is 20.8. The summed E-state index contributed by atoms with van der Waals surface area (Å²) in [4.78, 5) is 12.3. The van der Waals surface area contributed by atoms with Gasteiger partial charge in [0.15, 0.2) is 17.1 Å². The van der Waals surface area contributed by atoms with Crippen LogP contribution in [0.15, 0.2) is 53.7 Å². The van der Waals surface area contributed by atoms with Gasteiger partial charge in [0.25, 0.3) is 0 Å². The number of nitrogens with one attached hydrogen (secondary N) is 1. The number of aromatic nitrogens is 3. The van der Waals surface area contributed by atoms with E-state index in [9.17, 15) is 9.18 Å². The van der Waals surface area contributed by atoms with Gasteiger partial charge in [0, 0.05) is 12.2 Å². The van der Waals surface area contributed by atoms with Crippen LogP contribution in [-0.2, 0) is 17.8 Å². The molecule has 6 nitrogen and oxygen atoms in total. The first-order valence-corrected chi connectivity index (χ1v) is 10.9. The van der Waals surface area contributed by atoms with Crippen molar-refractivity contribution in [1.29, 1.82) is 0 Å². The molecule has 30 heavy (non-hydrogen) atoms. The lowest BCUT2D eigenvalue weighted by atomic mass is 10.1. The Labute approximate surface area is 179 Å². The van der Waals surface area contributed by atoms with Crippen LogP contribution in [0.25, 0.3) is 0 Å². The van der Waals surface area contributed by atoms with Gasteiger partial charge < -0.3 is 14.6 Å². The molecule has 158 valence electrons. The van der Waals surface area contributed by atoms with E-state index in [2.05, 4.69) is 22.4 Å². The molecule has 1 aromatic heterocycles. The number of anilines is 1. The van der Waals surface area contributed by atoms with E-state index in [0.717, 1.165) is 12.1 Å². The Bertz CT molecular complexity index is 974. The minimum Gasteiger partial charge on any atom is -0.483 e. The van der Waals surface area contributed by atoms with Crippen LogP contribution in [0, 0.1) is 5.82 Å². The van der Waals surface area contributed by atoms with Crippen LogP contribution in [0.1, 0.15) is 38.3 Å². The number of hydrogen-bond donors (Lipinski definition) is 1. The molecule has 3 aromatic rings. The van der Waals surface area contributed by atoms with E-state index >= 15 is 0 Å². The van der Waals surface area contributed by atoms with Gasteiger partial charge in [0.2, 0.25) is 5.91 Å². The number of nitrogens with zero attached hydrogens (tertiary/aromatic N) is 3. The number of carbonyl (C=O) groups excluding carboxylic acids is 1. The van der Waals surface area contributed by atoms with E-state index in [-0.39, 0.29) is 23.6 Å². The van der Waals surface area contributed by atoms with Crippen molar-refractivity contribution in [2.75, 3.05) is 11.1 Å². The predicted molar refractivity (Wildman–Crippen MR) is 116 cm³/mol. The summed E-state index contributed by atoms with van der Waals surface area (Å²) in [7, 11) is 0. The van der Waals surface area contributed by atoms with Crippen LogP contribution in [-0.4, -0.2) is 26.4 Å². The molecule has 3 rings (SSSR count). The van der Waals surface area contributed by atoms with Crippen molar-refractivity contribution in [2.45, 2.75) is 45.0 Å². The molecule has 2 aromatic carbocycles. The Morgan fingerprint density at radius 3 is 2.47 bits per heavy atom. The van der Waals surface area contributed by atoms with Crippen molar-refractivity contribution in [3.8, 4) is 5.75 Å². The molecule has 0 aliphatic carbocycles. The number of hydrogen-bond acceptors (Lipinski definition) is 5. The number of halogens is 1. The maximum atomic E-state index is 13.1. The Morgan fingerprint density at radius 1 is 1.13 bits per heavy atom. The largest absolute Gasteiger partial charge is 0.483 e. The van der Waals surface area contributed by atoms with Gasteiger partial charge >= 0.3 is 0 Å². The van der Waals surface area contributed by atoms with Crippen LogP contribution in [0.2, 0.25) is 0 Å². The molecule has 0 bridgehead atoms. The van der Waals surface area contributed by atoms with Crippen LogP contribution >= 0.6 is 11.8 Å². The smallest absolute Gasteiger partial charge is 0.234 e. The quantitative estimate of drug-likeness (QED) is 0.493. The molecule has 0 saturated heterocycles. The zero-order valence-corrected chi connectivity index (χ0v) is 18.1. The van der Waals surface area contributed by atoms with Crippen LogP contribution in [0.4, 0.5) is 10.1 Å². The number of thioether (sulfide) groups is 1. The number of aryl methyl sites for hydroxylation is 1. The normalized spacial score (nSPS) is 11.9. The standard InChI is InChI=1S/C22H25FN4O2S/c1-4-16-6-10-18(11-7-16)24-20(28)14-30-22-26-25-21(27(22)5-2)15(3)29-19-12-8-17(23)9-13-19/h6-13,15H,4-5,14H2,1-3H3,(H,24,28). The summed E-state index contributed by atoms with van der Waals surface area (Å²) in [5.74, 6) is 1.01. The lowest BCUT2D eigenvalue weighted by Gasteiger charge is -2.15. The number of benzene rings is 2. The van der Waals surface area contributed by atoms with Crippen LogP contribution < -0.4 is 10.1 Å². The molecule has 8 heteroatoms. The maximum absolute atomic E-state index is 13.1. The van der Waals surface area contributed by atoms with E-state index < -0.39 is 0 Å². The first kappa shape index (κ1) is 21.8. The van der Waals surface area contributed by atoms with Crippen LogP contribution in [0.5, 0.6) is 5.75 Å². The highest BCUT2D eigenvalue weighted by atomic mass is 32.2. The second-order valence-electron chi connectivity index (χ2n) is 6.69. The van der Waals surface area contributed by atoms with Crippen molar-refractivity contribution < 1.29 is 13.9 Å². The van der Waals surface area contributed by atoms with E-state index in [0.29, 0.717) is 23.3 Å². The average Bonchev–Trinajstić information content (AvgIpc) is 3.17. The fourth-order valence-corrected chi connectivity index (χ4v) is 3.74. The second kappa shape index (κ2) is 10.2. The van der Waals surface area contributed by atoms with Gasteiger partial charge in [-0.2, -0.15) is 0 Å². The van der Waals surface area contributed by atoms with Gasteiger partial charge in [-0.05, 0) is 62.2 Å². The molecule has 0 radical (unpaired) electrons. The molecule has 0 aliphatic rings. The van der Waals surface area contributed by atoms with Gasteiger partial charge in [-0.3, -0.25) is 4.79 Å². The van der Waals surface area contributed by atoms with Crippen molar-refractivity contribution in [3.63, 3.8) is 0 Å². The first-order chi connectivity index (χ1) is 14.5. The molecule has 1 atom stereocenters. The van der Waals surface area contributed by atoms with Crippen molar-refractivity contribution in [3.05, 3.63) is 65.7 Å². The molecule has 0 fully saturated rings. The molecular formula is C22H25FN4O2S.